The summed E-state index contributed by atoms with van der Waals surface area (Å²) in [7, 11) is 0. The van der Waals surface area contributed by atoms with Crippen molar-refractivity contribution in [1.29, 1.82) is 0 Å². The molecule has 0 atom stereocenters. The number of carbonyl (C=O) groups is 1. The van der Waals surface area contributed by atoms with Crippen molar-refractivity contribution in [2.75, 3.05) is 0 Å². The van der Waals surface area contributed by atoms with Gasteiger partial charge >= 0.3 is 0 Å². The van der Waals surface area contributed by atoms with Crippen LogP contribution in [-0.2, 0) is 6.42 Å². The molecule has 0 aliphatic rings. The smallest absolute Gasteiger partial charge is 0.167 e. The van der Waals surface area contributed by atoms with E-state index in [2.05, 4.69) is 20.9 Å². The highest BCUT2D eigenvalue weighted by atomic mass is 79.9. The van der Waals surface area contributed by atoms with Crippen molar-refractivity contribution in [2.45, 2.75) is 6.42 Å². The molecule has 0 saturated heterocycles. The van der Waals surface area contributed by atoms with E-state index in [9.17, 15) is 4.79 Å². The number of ketones is 1. The Hall–Kier alpha value is -2.00. The van der Waals surface area contributed by atoms with E-state index in [-0.39, 0.29) is 5.78 Å². The minimum Gasteiger partial charge on any atom is -0.294 e. The van der Waals surface area contributed by atoms with Crippen molar-refractivity contribution >= 4 is 32.5 Å². The predicted octanol–water partition coefficient (Wildman–Crippen LogP) is 4.42. The average Bonchev–Trinajstić information content (AvgIpc) is 2.46. The Morgan fingerprint density at radius 2 is 1.95 bits per heavy atom. The Labute approximate surface area is 125 Å². The summed E-state index contributed by atoms with van der Waals surface area (Å²) in [6, 6.07) is 15.5. The average molecular weight is 326 g/mol. The van der Waals surface area contributed by atoms with Crippen molar-refractivity contribution in [3.05, 3.63) is 76.5 Å². The Bertz CT molecular complexity index is 777. The van der Waals surface area contributed by atoms with Gasteiger partial charge in [-0.05, 0) is 29.1 Å². The van der Waals surface area contributed by atoms with Crippen molar-refractivity contribution in [1.82, 2.24) is 4.98 Å². The molecular formula is C17H12BrNO. The van der Waals surface area contributed by atoms with Crippen molar-refractivity contribution in [3.8, 4) is 0 Å². The Kier molecular flexibility index (Phi) is 3.61. The van der Waals surface area contributed by atoms with Gasteiger partial charge in [0.15, 0.2) is 5.78 Å². The predicted molar refractivity (Wildman–Crippen MR) is 83.9 cm³/mol. The summed E-state index contributed by atoms with van der Waals surface area (Å²) in [5.74, 6) is 0.113. The van der Waals surface area contributed by atoms with Gasteiger partial charge in [0.05, 0.1) is 0 Å². The van der Waals surface area contributed by atoms with E-state index >= 15 is 0 Å². The molecule has 2 nitrogen and oxygen atoms in total. The van der Waals surface area contributed by atoms with Crippen LogP contribution in [0.1, 0.15) is 15.9 Å². The molecule has 0 unspecified atom stereocenters. The molecule has 1 heterocycles. The van der Waals surface area contributed by atoms with E-state index in [0.717, 1.165) is 26.4 Å². The molecule has 98 valence electrons. The normalized spacial score (nSPS) is 10.7. The molecule has 0 fully saturated rings. The minimum absolute atomic E-state index is 0.113. The van der Waals surface area contributed by atoms with Crippen molar-refractivity contribution in [3.63, 3.8) is 0 Å². The monoisotopic (exact) mass is 325 g/mol. The molecule has 0 N–H and O–H groups in total. The molecule has 1 aromatic heterocycles. The molecule has 3 heteroatoms. The molecule has 0 bridgehead atoms. The van der Waals surface area contributed by atoms with Crippen LogP contribution in [-0.4, -0.2) is 10.8 Å². The molecule has 3 rings (SSSR count). The topological polar surface area (TPSA) is 30.0 Å². The fourth-order valence-corrected chi connectivity index (χ4v) is 2.73. The summed E-state index contributed by atoms with van der Waals surface area (Å²) in [5.41, 5.74) is 1.74. The van der Waals surface area contributed by atoms with E-state index in [1.807, 2.05) is 48.5 Å². The first-order valence-electron chi connectivity index (χ1n) is 6.34. The Morgan fingerprint density at radius 1 is 1.10 bits per heavy atom. The third-order valence-corrected chi connectivity index (χ3v) is 3.73. The SMILES string of the molecule is O=C(Cc1cccc(Br)c1)c1cccc2ccncc12. The van der Waals surface area contributed by atoms with Gasteiger partial charge in [-0.15, -0.1) is 0 Å². The zero-order chi connectivity index (χ0) is 13.9. The summed E-state index contributed by atoms with van der Waals surface area (Å²) in [6.07, 6.45) is 3.89. The van der Waals surface area contributed by atoms with Gasteiger partial charge in [0.2, 0.25) is 0 Å². The van der Waals surface area contributed by atoms with E-state index in [1.54, 1.807) is 12.4 Å². The van der Waals surface area contributed by atoms with Crippen LogP contribution in [0.15, 0.2) is 65.4 Å². The van der Waals surface area contributed by atoms with Crippen LogP contribution >= 0.6 is 15.9 Å². The van der Waals surface area contributed by atoms with Gasteiger partial charge in [-0.2, -0.15) is 0 Å². The Morgan fingerprint density at radius 3 is 2.80 bits per heavy atom. The number of hydrogen-bond acceptors (Lipinski definition) is 2. The molecule has 0 aliphatic carbocycles. The summed E-state index contributed by atoms with van der Waals surface area (Å²) < 4.78 is 0.988. The standard InChI is InChI=1S/C17H12BrNO/c18-14-5-1-3-12(9-14)10-17(20)15-6-2-4-13-7-8-19-11-16(13)15/h1-9,11H,10H2. The molecule has 0 aliphatic heterocycles. The summed E-state index contributed by atoms with van der Waals surface area (Å²) in [4.78, 5) is 16.6. The molecule has 0 spiro atoms. The quantitative estimate of drug-likeness (QED) is 0.667. The number of fused-ring (bicyclic) bond motifs is 1. The Balaban J connectivity index is 1.97. The summed E-state index contributed by atoms with van der Waals surface area (Å²) in [6.45, 7) is 0. The molecular weight excluding hydrogens is 314 g/mol. The van der Waals surface area contributed by atoms with E-state index in [4.69, 9.17) is 0 Å². The van der Waals surface area contributed by atoms with Crippen molar-refractivity contribution < 1.29 is 4.79 Å². The number of carbonyl (C=O) groups excluding carboxylic acids is 1. The molecule has 0 radical (unpaired) electrons. The number of nitrogens with zero attached hydrogens (tertiary/aromatic N) is 1. The van der Waals surface area contributed by atoms with E-state index in [1.165, 1.54) is 0 Å². The number of halogens is 1. The first kappa shape index (κ1) is 13.0. The lowest BCUT2D eigenvalue weighted by Gasteiger charge is -2.06. The number of hydrogen-bond donors (Lipinski definition) is 0. The highest BCUT2D eigenvalue weighted by Gasteiger charge is 2.11. The number of Topliss-reactive ketones (excluding diaryl/α,β-unsaturated/α-hetero) is 1. The van der Waals surface area contributed by atoms with Crippen LogP contribution < -0.4 is 0 Å². The largest absolute Gasteiger partial charge is 0.294 e. The first-order chi connectivity index (χ1) is 9.74. The first-order valence-corrected chi connectivity index (χ1v) is 7.14. The lowest BCUT2D eigenvalue weighted by molar-refractivity contribution is 0.0994. The van der Waals surface area contributed by atoms with Crippen LogP contribution in [0, 0.1) is 0 Å². The van der Waals surface area contributed by atoms with Gasteiger partial charge in [0.1, 0.15) is 0 Å². The second-order valence-electron chi connectivity index (χ2n) is 4.63. The van der Waals surface area contributed by atoms with Gasteiger partial charge in [-0.25, -0.2) is 0 Å². The highest BCUT2D eigenvalue weighted by molar-refractivity contribution is 9.10. The highest BCUT2D eigenvalue weighted by Crippen LogP contribution is 2.20. The maximum Gasteiger partial charge on any atom is 0.167 e. The van der Waals surface area contributed by atoms with E-state index in [0.29, 0.717) is 6.42 Å². The summed E-state index contributed by atoms with van der Waals surface area (Å²) in [5, 5.41) is 1.95. The number of aromatic nitrogens is 1. The number of pyridine rings is 1. The van der Waals surface area contributed by atoms with Crippen LogP contribution in [0.4, 0.5) is 0 Å². The maximum atomic E-state index is 12.5. The lowest BCUT2D eigenvalue weighted by atomic mass is 9.99. The zero-order valence-corrected chi connectivity index (χ0v) is 12.3. The molecule has 3 aromatic rings. The third kappa shape index (κ3) is 2.63. The number of rotatable bonds is 3. The van der Waals surface area contributed by atoms with Gasteiger partial charge in [-0.1, -0.05) is 46.3 Å². The van der Waals surface area contributed by atoms with Gasteiger partial charge in [-0.3, -0.25) is 9.78 Å². The van der Waals surface area contributed by atoms with Crippen molar-refractivity contribution in [2.24, 2.45) is 0 Å². The van der Waals surface area contributed by atoms with Crippen LogP contribution in [0.5, 0.6) is 0 Å². The minimum atomic E-state index is 0.113. The fraction of sp³-hybridized carbons (Fsp3) is 0.0588. The van der Waals surface area contributed by atoms with Crippen LogP contribution in [0.3, 0.4) is 0 Å². The third-order valence-electron chi connectivity index (χ3n) is 3.24. The molecule has 0 amide bonds. The molecule has 20 heavy (non-hydrogen) atoms. The molecule has 0 saturated carbocycles. The van der Waals surface area contributed by atoms with Gasteiger partial charge < -0.3 is 0 Å². The second kappa shape index (κ2) is 5.55. The van der Waals surface area contributed by atoms with Gasteiger partial charge in [0, 0.05) is 34.2 Å². The lowest BCUT2D eigenvalue weighted by Crippen LogP contribution is -2.04. The summed E-state index contributed by atoms with van der Waals surface area (Å²) >= 11 is 3.43. The maximum absolute atomic E-state index is 12.5. The molecule has 2 aromatic carbocycles. The second-order valence-corrected chi connectivity index (χ2v) is 5.55. The van der Waals surface area contributed by atoms with Crippen LogP contribution in [0.25, 0.3) is 10.8 Å². The fourth-order valence-electron chi connectivity index (χ4n) is 2.28. The van der Waals surface area contributed by atoms with Gasteiger partial charge in [0.25, 0.3) is 0 Å². The zero-order valence-electron chi connectivity index (χ0n) is 10.7. The van der Waals surface area contributed by atoms with E-state index < -0.39 is 0 Å². The number of benzene rings is 2. The van der Waals surface area contributed by atoms with Crippen LogP contribution in [0.2, 0.25) is 0 Å².